The van der Waals surface area contributed by atoms with Gasteiger partial charge in [-0.15, -0.1) is 0 Å². The van der Waals surface area contributed by atoms with Crippen molar-refractivity contribution >= 4 is 22.4 Å². The maximum absolute atomic E-state index is 11.4. The van der Waals surface area contributed by atoms with Crippen LogP contribution in [0.1, 0.15) is 5.56 Å². The van der Waals surface area contributed by atoms with Crippen LogP contribution in [0.15, 0.2) is 29.2 Å². The quantitative estimate of drug-likeness (QED) is 0.685. The van der Waals surface area contributed by atoms with Gasteiger partial charge in [0.25, 0.3) is 5.56 Å². The molecule has 3 heteroatoms. The molecule has 66 valence electrons. The van der Waals surface area contributed by atoms with Crippen LogP contribution >= 0.6 is 11.6 Å². The van der Waals surface area contributed by atoms with Crippen molar-refractivity contribution in [2.45, 2.75) is 6.92 Å². The number of hydrogen-bond acceptors (Lipinski definition) is 1. The summed E-state index contributed by atoms with van der Waals surface area (Å²) in [6.07, 6.45) is 1.52. The van der Waals surface area contributed by atoms with Crippen molar-refractivity contribution in [2.24, 2.45) is 0 Å². The van der Waals surface area contributed by atoms with Gasteiger partial charge in [-0.2, -0.15) is 0 Å². The molecule has 0 fully saturated rings. The maximum atomic E-state index is 11.4. The third kappa shape index (κ3) is 1.33. The fourth-order valence-electron chi connectivity index (χ4n) is 1.34. The van der Waals surface area contributed by atoms with Gasteiger partial charge in [0, 0.05) is 17.0 Å². The van der Waals surface area contributed by atoms with Crippen LogP contribution in [0.3, 0.4) is 0 Å². The van der Waals surface area contributed by atoms with Gasteiger partial charge in [0.05, 0.1) is 5.02 Å². The average Bonchev–Trinajstić information content (AvgIpc) is 2.12. The molecule has 2 nitrogen and oxygen atoms in total. The van der Waals surface area contributed by atoms with E-state index in [1.165, 1.54) is 6.20 Å². The smallest absolute Gasteiger partial charge is 0.255 e. The van der Waals surface area contributed by atoms with Gasteiger partial charge in [0.1, 0.15) is 0 Å². The summed E-state index contributed by atoms with van der Waals surface area (Å²) in [6, 6.07) is 5.63. The summed E-state index contributed by atoms with van der Waals surface area (Å²) in [5.41, 5.74) is 0.961. The predicted molar refractivity (Wildman–Crippen MR) is 54.3 cm³/mol. The van der Waals surface area contributed by atoms with Crippen molar-refractivity contribution in [1.82, 2.24) is 4.98 Å². The lowest BCUT2D eigenvalue weighted by Crippen LogP contribution is -2.04. The first-order valence-electron chi connectivity index (χ1n) is 3.96. The Morgan fingerprint density at radius 2 is 2.08 bits per heavy atom. The highest BCUT2D eigenvalue weighted by atomic mass is 35.5. The van der Waals surface area contributed by atoms with Gasteiger partial charge in [-0.1, -0.05) is 29.3 Å². The summed E-state index contributed by atoms with van der Waals surface area (Å²) in [5.74, 6) is 0. The number of aromatic amines is 1. The zero-order valence-electron chi connectivity index (χ0n) is 7.10. The number of hydrogen-bond donors (Lipinski definition) is 1. The van der Waals surface area contributed by atoms with Crippen LogP contribution in [0.4, 0.5) is 0 Å². The molecule has 0 spiro atoms. The molecule has 2 aromatic rings. The van der Waals surface area contributed by atoms with Crippen molar-refractivity contribution < 1.29 is 0 Å². The number of aryl methyl sites for hydroxylation is 1. The highest BCUT2D eigenvalue weighted by molar-refractivity contribution is 6.35. The minimum atomic E-state index is -0.0944. The Bertz CT molecular complexity index is 516. The molecule has 0 bridgehead atoms. The number of H-pyrrole nitrogens is 1. The highest BCUT2D eigenvalue weighted by Gasteiger charge is 2.01. The second kappa shape index (κ2) is 2.89. The Kier molecular flexibility index (Phi) is 1.85. The Labute approximate surface area is 80.2 Å². The molecule has 0 unspecified atom stereocenters. The first kappa shape index (κ1) is 8.32. The van der Waals surface area contributed by atoms with Crippen LogP contribution in [0.5, 0.6) is 0 Å². The van der Waals surface area contributed by atoms with Gasteiger partial charge < -0.3 is 4.98 Å². The lowest BCUT2D eigenvalue weighted by atomic mass is 10.1. The van der Waals surface area contributed by atoms with Gasteiger partial charge in [-0.25, -0.2) is 0 Å². The minimum Gasteiger partial charge on any atom is -0.327 e. The van der Waals surface area contributed by atoms with Crippen molar-refractivity contribution in [3.05, 3.63) is 45.3 Å². The molecular weight excluding hydrogens is 186 g/mol. The number of nitrogens with one attached hydrogen (secondary N) is 1. The van der Waals surface area contributed by atoms with Gasteiger partial charge in [-0.3, -0.25) is 4.79 Å². The molecule has 1 aromatic heterocycles. The molecule has 0 amide bonds. The Hall–Kier alpha value is -1.28. The van der Waals surface area contributed by atoms with E-state index in [1.54, 1.807) is 0 Å². The van der Waals surface area contributed by atoms with Gasteiger partial charge in [0.15, 0.2) is 0 Å². The zero-order chi connectivity index (χ0) is 9.42. The second-order valence-electron chi connectivity index (χ2n) is 3.01. The second-order valence-corrected chi connectivity index (χ2v) is 3.42. The molecule has 0 saturated carbocycles. The maximum Gasteiger partial charge on any atom is 0.255 e. The molecule has 0 atom stereocenters. The summed E-state index contributed by atoms with van der Waals surface area (Å²) in [4.78, 5) is 14.0. The molecule has 1 aromatic carbocycles. The fraction of sp³-hybridized carbons (Fsp3) is 0.100. The molecule has 0 aliphatic rings. The van der Waals surface area contributed by atoms with E-state index < -0.39 is 0 Å². The average molecular weight is 194 g/mol. The van der Waals surface area contributed by atoms with E-state index in [1.807, 2.05) is 25.1 Å². The fourth-order valence-corrected chi connectivity index (χ4v) is 1.56. The molecular formula is C10H8ClNO. The number of halogens is 1. The first-order valence-corrected chi connectivity index (χ1v) is 4.34. The van der Waals surface area contributed by atoms with Crippen LogP contribution in [0.25, 0.3) is 10.8 Å². The zero-order valence-corrected chi connectivity index (χ0v) is 7.85. The third-order valence-corrected chi connectivity index (χ3v) is 2.32. The summed E-state index contributed by atoms with van der Waals surface area (Å²) in [7, 11) is 0. The van der Waals surface area contributed by atoms with E-state index in [9.17, 15) is 4.79 Å². The van der Waals surface area contributed by atoms with E-state index in [0.717, 1.165) is 10.9 Å². The number of rotatable bonds is 0. The Balaban J connectivity index is 3.01. The molecule has 1 heterocycles. The van der Waals surface area contributed by atoms with Gasteiger partial charge in [0.2, 0.25) is 0 Å². The van der Waals surface area contributed by atoms with E-state index in [-0.39, 0.29) is 5.56 Å². The summed E-state index contributed by atoms with van der Waals surface area (Å²) >= 11 is 5.91. The largest absolute Gasteiger partial charge is 0.327 e. The third-order valence-electron chi connectivity index (χ3n) is 2.01. The van der Waals surface area contributed by atoms with Gasteiger partial charge in [-0.05, 0) is 13.0 Å². The highest BCUT2D eigenvalue weighted by Crippen LogP contribution is 2.19. The van der Waals surface area contributed by atoms with Crippen LogP contribution in [0, 0.1) is 6.92 Å². The number of pyridine rings is 1. The summed E-state index contributed by atoms with van der Waals surface area (Å²) < 4.78 is 0. The van der Waals surface area contributed by atoms with Gasteiger partial charge >= 0.3 is 0 Å². The molecule has 13 heavy (non-hydrogen) atoms. The van der Waals surface area contributed by atoms with E-state index in [2.05, 4.69) is 4.98 Å². The summed E-state index contributed by atoms with van der Waals surface area (Å²) in [5, 5.41) is 2.03. The predicted octanol–water partition coefficient (Wildman–Crippen LogP) is 2.49. The number of benzene rings is 1. The Morgan fingerprint density at radius 3 is 2.85 bits per heavy atom. The summed E-state index contributed by atoms with van der Waals surface area (Å²) in [6.45, 7) is 1.94. The first-order chi connectivity index (χ1) is 6.18. The standard InChI is InChI=1S/C10H8ClNO/c1-6-2-3-7-8(4-6)10(13)12-5-9(7)11/h2-5H,1H3,(H,12,13). The Morgan fingerprint density at radius 1 is 1.31 bits per heavy atom. The van der Waals surface area contributed by atoms with E-state index >= 15 is 0 Å². The van der Waals surface area contributed by atoms with E-state index in [4.69, 9.17) is 11.6 Å². The molecule has 0 aliphatic carbocycles. The van der Waals surface area contributed by atoms with Crippen molar-refractivity contribution in [3.8, 4) is 0 Å². The lowest BCUT2D eigenvalue weighted by molar-refractivity contribution is 1.27. The lowest BCUT2D eigenvalue weighted by Gasteiger charge is -1.99. The van der Waals surface area contributed by atoms with Crippen molar-refractivity contribution in [1.29, 1.82) is 0 Å². The minimum absolute atomic E-state index is 0.0944. The molecule has 0 radical (unpaired) electrons. The molecule has 2 rings (SSSR count). The number of fused-ring (bicyclic) bond motifs is 1. The van der Waals surface area contributed by atoms with Crippen LogP contribution in [-0.2, 0) is 0 Å². The SMILES string of the molecule is Cc1ccc2c(Cl)c[nH]c(=O)c2c1. The van der Waals surface area contributed by atoms with Crippen LogP contribution in [-0.4, -0.2) is 4.98 Å². The molecule has 0 saturated heterocycles. The topological polar surface area (TPSA) is 32.9 Å². The van der Waals surface area contributed by atoms with Crippen molar-refractivity contribution in [3.63, 3.8) is 0 Å². The van der Waals surface area contributed by atoms with Crippen molar-refractivity contribution in [2.75, 3.05) is 0 Å². The number of aromatic nitrogens is 1. The molecule has 0 aliphatic heterocycles. The monoisotopic (exact) mass is 193 g/mol. The van der Waals surface area contributed by atoms with Crippen LogP contribution in [0.2, 0.25) is 5.02 Å². The normalized spacial score (nSPS) is 10.6. The molecule has 1 N–H and O–H groups in total. The van der Waals surface area contributed by atoms with Crippen LogP contribution < -0.4 is 5.56 Å². The van der Waals surface area contributed by atoms with E-state index in [0.29, 0.717) is 10.4 Å².